The quantitative estimate of drug-likeness (QED) is 0.0261. The smallest absolute Gasteiger partial charge is 0.306 e. The molecule has 0 aromatic heterocycles. The third-order valence-electron chi connectivity index (χ3n) is 14.6. The summed E-state index contributed by atoms with van der Waals surface area (Å²) in [6, 6.07) is 0. The molecule has 1 atom stereocenters. The minimum atomic E-state index is -0.801. The van der Waals surface area contributed by atoms with Crippen molar-refractivity contribution >= 4 is 17.9 Å². The molecule has 0 rings (SSSR count). The fourth-order valence-electron chi connectivity index (χ4n) is 9.58. The Morgan fingerprint density at radius 2 is 0.500 bits per heavy atom. The van der Waals surface area contributed by atoms with E-state index in [4.69, 9.17) is 14.2 Å². The van der Waals surface area contributed by atoms with Crippen LogP contribution in [0.1, 0.15) is 335 Å². The molecule has 6 heteroatoms. The van der Waals surface area contributed by atoms with Gasteiger partial charge in [-0.05, 0) is 116 Å². The first kappa shape index (κ1) is 74.6. The number of carbonyl (C=O) groups is 3. The average molecular weight is 1090 g/mol. The van der Waals surface area contributed by atoms with Crippen molar-refractivity contribution in [1.82, 2.24) is 0 Å². The molecule has 0 aromatic carbocycles. The predicted octanol–water partition coefficient (Wildman–Crippen LogP) is 23.1. The summed E-state index contributed by atoms with van der Waals surface area (Å²) in [5.74, 6) is -0.931. The number of ether oxygens (including phenoxy) is 3. The summed E-state index contributed by atoms with van der Waals surface area (Å²) < 4.78 is 16.9. The summed E-state index contributed by atoms with van der Waals surface area (Å²) in [6.07, 6.45) is 87.6. The predicted molar refractivity (Wildman–Crippen MR) is 339 cm³/mol. The Bertz CT molecular complexity index is 1480. The second-order valence-electron chi connectivity index (χ2n) is 22.3. The maximum atomic E-state index is 12.9. The zero-order chi connectivity index (χ0) is 56.4. The minimum Gasteiger partial charge on any atom is -0.462 e. The van der Waals surface area contributed by atoms with Gasteiger partial charge in [-0.3, -0.25) is 14.4 Å². The highest BCUT2D eigenvalue weighted by molar-refractivity contribution is 5.71. The standard InChI is InChI=1S/C72H126O6/c1-4-7-10-13-16-19-22-25-28-29-30-31-32-33-34-35-36-37-38-39-40-41-42-43-45-47-50-53-56-59-62-65-71(74)77-68-69(67-76-70(73)64-61-58-55-52-49-46-27-24-21-18-15-12-9-6-3)78-72(75)66-63-60-57-54-51-48-44-26-23-20-17-14-11-8-5-2/h8,11,17,20,22,24-27,29-30,44,51,54,69H,4-7,9-10,12-16,18-19,21,23,28,31-43,45-50,52-53,55-68H2,1-3H3/b11-8-,20-17-,25-22-,27-24-,30-29-,44-26-,54-51-. The lowest BCUT2D eigenvalue weighted by atomic mass is 10.0. The van der Waals surface area contributed by atoms with Crippen molar-refractivity contribution in [2.75, 3.05) is 13.2 Å². The van der Waals surface area contributed by atoms with Gasteiger partial charge in [-0.25, -0.2) is 0 Å². The molecule has 0 heterocycles. The molecule has 0 aliphatic carbocycles. The summed E-state index contributed by atoms with van der Waals surface area (Å²) in [5.41, 5.74) is 0. The van der Waals surface area contributed by atoms with Gasteiger partial charge in [0, 0.05) is 19.3 Å². The van der Waals surface area contributed by atoms with Crippen LogP contribution in [0.4, 0.5) is 0 Å². The van der Waals surface area contributed by atoms with Gasteiger partial charge >= 0.3 is 17.9 Å². The summed E-state index contributed by atoms with van der Waals surface area (Å²) in [7, 11) is 0. The number of esters is 3. The monoisotopic (exact) mass is 1090 g/mol. The van der Waals surface area contributed by atoms with Gasteiger partial charge in [0.15, 0.2) is 6.10 Å². The number of unbranched alkanes of at least 4 members (excludes halogenated alkanes) is 36. The molecule has 0 bridgehead atoms. The van der Waals surface area contributed by atoms with Crippen LogP contribution < -0.4 is 0 Å². The highest BCUT2D eigenvalue weighted by Crippen LogP contribution is 2.17. The number of carbonyl (C=O) groups excluding carboxylic acids is 3. The van der Waals surface area contributed by atoms with Gasteiger partial charge in [-0.2, -0.15) is 0 Å². The Morgan fingerprint density at radius 1 is 0.269 bits per heavy atom. The molecule has 0 radical (unpaired) electrons. The van der Waals surface area contributed by atoms with E-state index >= 15 is 0 Å². The van der Waals surface area contributed by atoms with Crippen LogP contribution in [0.5, 0.6) is 0 Å². The molecule has 0 saturated heterocycles. The fourth-order valence-corrected chi connectivity index (χ4v) is 9.58. The second-order valence-corrected chi connectivity index (χ2v) is 22.3. The first-order valence-electron chi connectivity index (χ1n) is 33.6. The molecule has 0 N–H and O–H groups in total. The minimum absolute atomic E-state index is 0.0933. The maximum absolute atomic E-state index is 12.9. The number of hydrogen-bond donors (Lipinski definition) is 0. The summed E-state index contributed by atoms with van der Waals surface area (Å²) >= 11 is 0. The molecule has 0 aromatic rings. The first-order chi connectivity index (χ1) is 38.5. The van der Waals surface area contributed by atoms with Gasteiger partial charge in [0.2, 0.25) is 0 Å². The topological polar surface area (TPSA) is 78.9 Å². The van der Waals surface area contributed by atoms with E-state index in [1.807, 2.05) is 0 Å². The van der Waals surface area contributed by atoms with Crippen LogP contribution in [-0.2, 0) is 28.6 Å². The van der Waals surface area contributed by atoms with Crippen LogP contribution in [0.2, 0.25) is 0 Å². The van der Waals surface area contributed by atoms with E-state index in [-0.39, 0.29) is 37.5 Å². The van der Waals surface area contributed by atoms with Crippen molar-refractivity contribution < 1.29 is 28.6 Å². The van der Waals surface area contributed by atoms with E-state index in [9.17, 15) is 14.4 Å². The van der Waals surface area contributed by atoms with Crippen molar-refractivity contribution in [3.8, 4) is 0 Å². The Kier molecular flexibility index (Phi) is 63.2. The highest BCUT2D eigenvalue weighted by Gasteiger charge is 2.19. The van der Waals surface area contributed by atoms with E-state index < -0.39 is 6.10 Å². The lowest BCUT2D eigenvalue weighted by molar-refractivity contribution is -0.167. The summed E-state index contributed by atoms with van der Waals surface area (Å²) in [5, 5.41) is 0. The number of hydrogen-bond acceptors (Lipinski definition) is 6. The van der Waals surface area contributed by atoms with Crippen molar-refractivity contribution in [3.05, 3.63) is 85.1 Å². The molecule has 6 nitrogen and oxygen atoms in total. The molecule has 0 aliphatic heterocycles. The fraction of sp³-hybridized carbons (Fsp3) is 0.764. The molecule has 0 amide bonds. The molecule has 0 spiro atoms. The Morgan fingerprint density at radius 3 is 0.821 bits per heavy atom. The molecule has 450 valence electrons. The molecule has 0 saturated carbocycles. The van der Waals surface area contributed by atoms with Crippen molar-refractivity contribution in [2.24, 2.45) is 0 Å². The van der Waals surface area contributed by atoms with Gasteiger partial charge in [0.05, 0.1) is 0 Å². The maximum Gasteiger partial charge on any atom is 0.306 e. The van der Waals surface area contributed by atoms with E-state index in [1.165, 1.54) is 199 Å². The average Bonchev–Trinajstić information content (AvgIpc) is 3.44. The van der Waals surface area contributed by atoms with Crippen molar-refractivity contribution in [1.29, 1.82) is 0 Å². The van der Waals surface area contributed by atoms with Crippen molar-refractivity contribution in [2.45, 2.75) is 341 Å². The Hall–Kier alpha value is -3.41. The Labute approximate surface area is 484 Å². The highest BCUT2D eigenvalue weighted by atomic mass is 16.6. The second kappa shape index (κ2) is 66.1. The summed E-state index contributed by atoms with van der Waals surface area (Å²) in [4.78, 5) is 38.3. The van der Waals surface area contributed by atoms with E-state index in [0.29, 0.717) is 19.3 Å². The molecule has 1 unspecified atom stereocenters. The van der Waals surface area contributed by atoms with Crippen LogP contribution in [0.25, 0.3) is 0 Å². The van der Waals surface area contributed by atoms with Crippen LogP contribution in [0.15, 0.2) is 85.1 Å². The van der Waals surface area contributed by atoms with Gasteiger partial charge in [-0.15, -0.1) is 0 Å². The zero-order valence-electron chi connectivity index (χ0n) is 51.7. The molecule has 0 aliphatic rings. The van der Waals surface area contributed by atoms with Crippen LogP contribution in [0.3, 0.4) is 0 Å². The summed E-state index contributed by atoms with van der Waals surface area (Å²) in [6.45, 7) is 6.50. The molecular formula is C72H126O6. The molecule has 0 fully saturated rings. The van der Waals surface area contributed by atoms with Crippen LogP contribution in [0, 0.1) is 0 Å². The lowest BCUT2D eigenvalue weighted by Gasteiger charge is -2.18. The van der Waals surface area contributed by atoms with E-state index in [1.54, 1.807) is 0 Å². The largest absolute Gasteiger partial charge is 0.462 e. The molecular weight excluding hydrogens is 961 g/mol. The van der Waals surface area contributed by atoms with Gasteiger partial charge in [0.25, 0.3) is 0 Å². The van der Waals surface area contributed by atoms with E-state index in [0.717, 1.165) is 89.9 Å². The van der Waals surface area contributed by atoms with Gasteiger partial charge < -0.3 is 14.2 Å². The van der Waals surface area contributed by atoms with Gasteiger partial charge in [0.1, 0.15) is 13.2 Å². The SMILES string of the molecule is CC/C=C\C/C=C\C/C=C\C/C=C\CCCCC(=O)OC(COC(=O)CCCCCCC/C=C\CCCCCCC)COC(=O)CCCCCCCCCCCCCCCCCCCCC/C=C\C/C=C\CCCCCCC. The first-order valence-corrected chi connectivity index (χ1v) is 33.6. The Balaban J connectivity index is 4.20. The molecule has 78 heavy (non-hydrogen) atoms. The third kappa shape index (κ3) is 63.4. The zero-order valence-corrected chi connectivity index (χ0v) is 51.7. The van der Waals surface area contributed by atoms with Crippen LogP contribution in [-0.4, -0.2) is 37.2 Å². The third-order valence-corrected chi connectivity index (χ3v) is 14.6. The van der Waals surface area contributed by atoms with Crippen LogP contribution >= 0.6 is 0 Å². The van der Waals surface area contributed by atoms with E-state index in [2.05, 4.69) is 106 Å². The number of rotatable bonds is 61. The van der Waals surface area contributed by atoms with Gasteiger partial charge in [-0.1, -0.05) is 286 Å². The normalized spacial score (nSPS) is 12.6. The van der Waals surface area contributed by atoms with Crippen molar-refractivity contribution in [3.63, 3.8) is 0 Å². The lowest BCUT2D eigenvalue weighted by Crippen LogP contribution is -2.30. The number of allylic oxidation sites excluding steroid dienone is 14.